The Bertz CT molecular complexity index is 761. The van der Waals surface area contributed by atoms with Gasteiger partial charge in [0.05, 0.1) is 19.3 Å². The van der Waals surface area contributed by atoms with E-state index in [2.05, 4.69) is 5.32 Å². The summed E-state index contributed by atoms with van der Waals surface area (Å²) in [5.41, 5.74) is 8.13. The first kappa shape index (κ1) is 17.0. The zero-order valence-corrected chi connectivity index (χ0v) is 14.7. The Labute approximate surface area is 147 Å². The number of carbonyl (C=O) groups is 1. The zero-order chi connectivity index (χ0) is 18.0. The van der Waals surface area contributed by atoms with Crippen LogP contribution in [0.25, 0.3) is 0 Å². The summed E-state index contributed by atoms with van der Waals surface area (Å²) in [5.74, 6) is 1.40. The molecular formula is C19H23N3O3. The van der Waals surface area contributed by atoms with Gasteiger partial charge in [-0.1, -0.05) is 0 Å². The number of nitrogen functional groups attached to an aromatic ring is 1. The van der Waals surface area contributed by atoms with Crippen LogP contribution >= 0.6 is 0 Å². The van der Waals surface area contributed by atoms with Gasteiger partial charge in [0.1, 0.15) is 23.6 Å². The maximum Gasteiger partial charge on any atom is 0.246 e. The molecule has 0 aromatic heterocycles. The van der Waals surface area contributed by atoms with Gasteiger partial charge in [-0.15, -0.1) is 0 Å². The largest absolute Gasteiger partial charge is 0.497 e. The molecule has 2 atom stereocenters. The van der Waals surface area contributed by atoms with Gasteiger partial charge in [-0.05, 0) is 56.3 Å². The van der Waals surface area contributed by atoms with Gasteiger partial charge in [-0.25, -0.2) is 0 Å². The van der Waals surface area contributed by atoms with Gasteiger partial charge >= 0.3 is 0 Å². The first-order chi connectivity index (χ1) is 12.0. The molecule has 132 valence electrons. The molecule has 2 unspecified atom stereocenters. The van der Waals surface area contributed by atoms with E-state index in [1.54, 1.807) is 13.2 Å². The van der Waals surface area contributed by atoms with Crippen molar-refractivity contribution in [1.82, 2.24) is 0 Å². The van der Waals surface area contributed by atoms with Gasteiger partial charge < -0.3 is 25.4 Å². The van der Waals surface area contributed by atoms with Crippen LogP contribution < -0.4 is 25.4 Å². The smallest absolute Gasteiger partial charge is 0.246 e. The normalized spacial score (nSPS) is 17.2. The second kappa shape index (κ2) is 6.93. The minimum Gasteiger partial charge on any atom is -0.497 e. The molecule has 1 aliphatic heterocycles. The van der Waals surface area contributed by atoms with Crippen LogP contribution in [0.2, 0.25) is 0 Å². The SMILES string of the molecule is COc1ccc(NC(=O)C(C)N2CC(C)Oc3ccc(N)cc32)cc1. The summed E-state index contributed by atoms with van der Waals surface area (Å²) >= 11 is 0. The molecule has 6 heteroatoms. The fraction of sp³-hybridized carbons (Fsp3) is 0.316. The van der Waals surface area contributed by atoms with E-state index in [9.17, 15) is 4.79 Å². The Morgan fingerprint density at radius 2 is 2.04 bits per heavy atom. The molecule has 0 bridgehead atoms. The number of fused-ring (bicyclic) bond motifs is 1. The molecule has 0 aliphatic carbocycles. The maximum absolute atomic E-state index is 12.7. The second-order valence-electron chi connectivity index (χ2n) is 6.20. The number of hydrogen-bond donors (Lipinski definition) is 2. The van der Waals surface area contributed by atoms with E-state index >= 15 is 0 Å². The van der Waals surface area contributed by atoms with Crippen LogP contribution in [0.4, 0.5) is 17.1 Å². The number of ether oxygens (including phenoxy) is 2. The number of nitrogens with one attached hydrogen (secondary N) is 1. The Balaban J connectivity index is 1.78. The van der Waals surface area contributed by atoms with Crippen molar-refractivity contribution in [3.05, 3.63) is 42.5 Å². The molecule has 2 aromatic rings. The predicted octanol–water partition coefficient (Wildman–Crippen LogP) is 2.89. The number of anilines is 3. The zero-order valence-electron chi connectivity index (χ0n) is 14.7. The van der Waals surface area contributed by atoms with Crippen molar-refractivity contribution in [3.63, 3.8) is 0 Å². The summed E-state index contributed by atoms with van der Waals surface area (Å²) in [6, 6.07) is 12.4. The summed E-state index contributed by atoms with van der Waals surface area (Å²) in [4.78, 5) is 14.7. The van der Waals surface area contributed by atoms with E-state index in [4.69, 9.17) is 15.2 Å². The fourth-order valence-electron chi connectivity index (χ4n) is 2.92. The number of methoxy groups -OCH3 is 1. The van der Waals surface area contributed by atoms with E-state index < -0.39 is 0 Å². The average molecular weight is 341 g/mol. The van der Waals surface area contributed by atoms with Gasteiger partial charge in [0, 0.05) is 11.4 Å². The third-order valence-electron chi connectivity index (χ3n) is 4.28. The van der Waals surface area contributed by atoms with Crippen molar-refractivity contribution in [2.45, 2.75) is 26.0 Å². The van der Waals surface area contributed by atoms with Crippen molar-refractivity contribution in [1.29, 1.82) is 0 Å². The molecular weight excluding hydrogens is 318 g/mol. The first-order valence-electron chi connectivity index (χ1n) is 8.25. The highest BCUT2D eigenvalue weighted by Crippen LogP contribution is 2.36. The third kappa shape index (κ3) is 3.63. The number of amides is 1. The second-order valence-corrected chi connectivity index (χ2v) is 6.20. The highest BCUT2D eigenvalue weighted by atomic mass is 16.5. The Kier molecular flexibility index (Phi) is 4.70. The number of carbonyl (C=O) groups excluding carboxylic acids is 1. The van der Waals surface area contributed by atoms with E-state index in [1.165, 1.54) is 0 Å². The third-order valence-corrected chi connectivity index (χ3v) is 4.28. The molecule has 0 saturated carbocycles. The fourth-order valence-corrected chi connectivity index (χ4v) is 2.92. The van der Waals surface area contributed by atoms with Crippen LogP contribution in [-0.4, -0.2) is 31.7 Å². The lowest BCUT2D eigenvalue weighted by Gasteiger charge is -2.38. The average Bonchev–Trinajstić information content (AvgIpc) is 2.61. The Morgan fingerprint density at radius 1 is 1.32 bits per heavy atom. The highest BCUT2D eigenvalue weighted by Gasteiger charge is 2.30. The molecule has 25 heavy (non-hydrogen) atoms. The quantitative estimate of drug-likeness (QED) is 0.836. The summed E-state index contributed by atoms with van der Waals surface area (Å²) in [6.07, 6.45) is -0.00707. The number of benzene rings is 2. The summed E-state index contributed by atoms with van der Waals surface area (Å²) in [6.45, 7) is 4.48. The van der Waals surface area contributed by atoms with Crippen molar-refractivity contribution < 1.29 is 14.3 Å². The molecule has 1 aliphatic rings. The molecule has 0 fully saturated rings. The summed E-state index contributed by atoms with van der Waals surface area (Å²) in [7, 11) is 1.61. The van der Waals surface area contributed by atoms with E-state index in [1.807, 2.05) is 55.1 Å². The molecule has 0 spiro atoms. The Morgan fingerprint density at radius 3 is 2.72 bits per heavy atom. The number of nitrogens with zero attached hydrogens (tertiary/aromatic N) is 1. The van der Waals surface area contributed by atoms with Gasteiger partial charge in [0.2, 0.25) is 5.91 Å². The number of rotatable bonds is 4. The van der Waals surface area contributed by atoms with E-state index in [0.29, 0.717) is 12.2 Å². The Hall–Kier alpha value is -2.89. The van der Waals surface area contributed by atoms with Gasteiger partial charge in [-0.3, -0.25) is 4.79 Å². The van der Waals surface area contributed by atoms with Crippen LogP contribution in [-0.2, 0) is 4.79 Å². The van der Waals surface area contributed by atoms with E-state index in [-0.39, 0.29) is 18.1 Å². The van der Waals surface area contributed by atoms with Crippen LogP contribution in [0, 0.1) is 0 Å². The standard InChI is InChI=1S/C19H23N3O3/c1-12-11-22(17-10-14(20)4-9-18(17)25-12)13(2)19(23)21-15-5-7-16(24-3)8-6-15/h4-10,12-13H,11,20H2,1-3H3,(H,21,23). The minimum absolute atomic E-state index is 0.00707. The predicted molar refractivity (Wildman–Crippen MR) is 99.4 cm³/mol. The highest BCUT2D eigenvalue weighted by molar-refractivity contribution is 5.97. The summed E-state index contributed by atoms with van der Waals surface area (Å²) < 4.78 is 11.0. The molecule has 6 nitrogen and oxygen atoms in total. The minimum atomic E-state index is -0.367. The van der Waals surface area contributed by atoms with Crippen LogP contribution in [0.3, 0.4) is 0 Å². The van der Waals surface area contributed by atoms with Crippen molar-refractivity contribution >= 4 is 23.0 Å². The molecule has 2 aromatic carbocycles. The topological polar surface area (TPSA) is 76.8 Å². The molecule has 1 heterocycles. The van der Waals surface area contributed by atoms with Crippen molar-refractivity contribution in [2.24, 2.45) is 0 Å². The monoisotopic (exact) mass is 341 g/mol. The van der Waals surface area contributed by atoms with Crippen LogP contribution in [0.5, 0.6) is 11.5 Å². The van der Waals surface area contributed by atoms with Gasteiger partial charge in [0.15, 0.2) is 0 Å². The van der Waals surface area contributed by atoms with Crippen LogP contribution in [0.1, 0.15) is 13.8 Å². The molecule has 3 rings (SSSR count). The molecule has 3 N–H and O–H groups in total. The molecule has 1 amide bonds. The lowest BCUT2D eigenvalue weighted by Crippen LogP contribution is -2.48. The maximum atomic E-state index is 12.7. The lowest BCUT2D eigenvalue weighted by atomic mass is 10.1. The van der Waals surface area contributed by atoms with Crippen LogP contribution in [0.15, 0.2) is 42.5 Å². The summed E-state index contributed by atoms with van der Waals surface area (Å²) in [5, 5.41) is 2.94. The lowest BCUT2D eigenvalue weighted by molar-refractivity contribution is -0.117. The molecule has 0 saturated heterocycles. The first-order valence-corrected chi connectivity index (χ1v) is 8.25. The van der Waals surface area contributed by atoms with E-state index in [0.717, 1.165) is 22.9 Å². The number of nitrogens with two attached hydrogens (primary N) is 1. The van der Waals surface area contributed by atoms with Gasteiger partial charge in [0.25, 0.3) is 0 Å². The number of hydrogen-bond acceptors (Lipinski definition) is 5. The van der Waals surface area contributed by atoms with Crippen molar-refractivity contribution in [3.8, 4) is 11.5 Å². The molecule has 0 radical (unpaired) electrons. The van der Waals surface area contributed by atoms with Crippen molar-refractivity contribution in [2.75, 3.05) is 29.6 Å². The van der Waals surface area contributed by atoms with Gasteiger partial charge in [-0.2, -0.15) is 0 Å².